The average Bonchev–Trinajstić information content (AvgIpc) is 2.06. The summed E-state index contributed by atoms with van der Waals surface area (Å²) < 4.78 is 0. The molecule has 0 N–H and O–H groups in total. The van der Waals surface area contributed by atoms with E-state index in [0.717, 1.165) is 22.8 Å². The monoisotopic (exact) mass is 188 g/mol. The molecule has 0 aliphatic rings. The van der Waals surface area contributed by atoms with Crippen molar-refractivity contribution in [3.63, 3.8) is 0 Å². The minimum Gasteiger partial charge on any atom is -0.258 e. The second kappa shape index (κ2) is 4.70. The predicted molar refractivity (Wildman–Crippen MR) is 63.3 cm³/mol. The van der Waals surface area contributed by atoms with Crippen molar-refractivity contribution < 1.29 is 0 Å². The summed E-state index contributed by atoms with van der Waals surface area (Å²) in [6, 6.07) is 7.92. The van der Waals surface area contributed by atoms with Crippen LogP contribution in [-0.2, 0) is 0 Å². The molecule has 0 amide bonds. The number of aliphatic imine (C=N–C) groups is 2. The van der Waals surface area contributed by atoms with Gasteiger partial charge in [0.05, 0.1) is 11.4 Å². The van der Waals surface area contributed by atoms with Gasteiger partial charge in [0.25, 0.3) is 0 Å². The highest BCUT2D eigenvalue weighted by atomic mass is 14.8. The van der Waals surface area contributed by atoms with Crippen LogP contribution < -0.4 is 0 Å². The standard InChI is InChI=1S/C12H16N2/c1-9(2)13-11-5-7-12(8-6-11)14-10(3)4/h5-8H,1-4H3. The largest absolute Gasteiger partial charge is 0.258 e. The van der Waals surface area contributed by atoms with Gasteiger partial charge in [-0.25, -0.2) is 0 Å². The Hall–Kier alpha value is -1.44. The smallest absolute Gasteiger partial charge is 0.0630 e. The van der Waals surface area contributed by atoms with E-state index in [-0.39, 0.29) is 0 Å². The quantitative estimate of drug-likeness (QED) is 0.629. The van der Waals surface area contributed by atoms with Gasteiger partial charge in [0.15, 0.2) is 0 Å². The van der Waals surface area contributed by atoms with E-state index in [9.17, 15) is 0 Å². The minimum atomic E-state index is 0.984. The van der Waals surface area contributed by atoms with Crippen LogP contribution in [0.2, 0.25) is 0 Å². The van der Waals surface area contributed by atoms with Gasteiger partial charge >= 0.3 is 0 Å². The molecule has 0 saturated heterocycles. The molecule has 0 spiro atoms. The highest BCUT2D eigenvalue weighted by Gasteiger charge is 1.91. The van der Waals surface area contributed by atoms with Crippen molar-refractivity contribution in [1.82, 2.24) is 0 Å². The molecule has 2 heteroatoms. The summed E-state index contributed by atoms with van der Waals surface area (Å²) in [5, 5.41) is 0. The number of rotatable bonds is 2. The van der Waals surface area contributed by atoms with Crippen LogP contribution in [0.1, 0.15) is 27.7 Å². The van der Waals surface area contributed by atoms with Crippen molar-refractivity contribution in [2.75, 3.05) is 0 Å². The van der Waals surface area contributed by atoms with Crippen LogP contribution >= 0.6 is 0 Å². The molecule has 0 radical (unpaired) electrons. The zero-order valence-corrected chi connectivity index (χ0v) is 9.20. The Balaban J connectivity index is 2.89. The van der Waals surface area contributed by atoms with E-state index in [1.807, 2.05) is 52.0 Å². The van der Waals surface area contributed by atoms with Gasteiger partial charge in [-0.1, -0.05) is 0 Å². The number of benzene rings is 1. The summed E-state index contributed by atoms with van der Waals surface area (Å²) in [6.45, 7) is 7.95. The highest BCUT2D eigenvalue weighted by Crippen LogP contribution is 2.18. The van der Waals surface area contributed by atoms with Crippen molar-refractivity contribution in [3.05, 3.63) is 24.3 Å². The fourth-order valence-corrected chi connectivity index (χ4v) is 1.12. The maximum atomic E-state index is 4.35. The molecular weight excluding hydrogens is 172 g/mol. The molecule has 0 saturated carbocycles. The van der Waals surface area contributed by atoms with E-state index in [4.69, 9.17) is 0 Å². The first kappa shape index (κ1) is 10.6. The predicted octanol–water partition coefficient (Wildman–Crippen LogP) is 3.91. The molecule has 0 aliphatic heterocycles. The van der Waals surface area contributed by atoms with E-state index in [0.29, 0.717) is 0 Å². The van der Waals surface area contributed by atoms with Crippen LogP contribution in [0.4, 0.5) is 11.4 Å². The second-order valence-corrected chi connectivity index (χ2v) is 3.63. The van der Waals surface area contributed by atoms with Gasteiger partial charge in [0.2, 0.25) is 0 Å². The molecule has 1 aromatic carbocycles. The summed E-state index contributed by atoms with van der Waals surface area (Å²) in [5.74, 6) is 0. The van der Waals surface area contributed by atoms with Crippen LogP contribution in [0.15, 0.2) is 34.3 Å². The molecule has 14 heavy (non-hydrogen) atoms. The van der Waals surface area contributed by atoms with Crippen molar-refractivity contribution in [1.29, 1.82) is 0 Å². The molecule has 0 bridgehead atoms. The maximum Gasteiger partial charge on any atom is 0.0630 e. The summed E-state index contributed by atoms with van der Waals surface area (Å²) >= 11 is 0. The lowest BCUT2D eigenvalue weighted by Gasteiger charge is -1.97. The van der Waals surface area contributed by atoms with E-state index < -0.39 is 0 Å². The van der Waals surface area contributed by atoms with Gasteiger partial charge in [-0.3, -0.25) is 9.98 Å². The number of hydrogen-bond acceptors (Lipinski definition) is 2. The van der Waals surface area contributed by atoms with Gasteiger partial charge in [-0.15, -0.1) is 0 Å². The van der Waals surface area contributed by atoms with Crippen LogP contribution in [0.5, 0.6) is 0 Å². The first-order valence-corrected chi connectivity index (χ1v) is 4.72. The lowest BCUT2D eigenvalue weighted by molar-refractivity contribution is 1.43. The second-order valence-electron chi connectivity index (χ2n) is 3.63. The van der Waals surface area contributed by atoms with E-state index in [1.54, 1.807) is 0 Å². The third kappa shape index (κ3) is 3.52. The molecule has 0 atom stereocenters. The Kier molecular flexibility index (Phi) is 3.57. The van der Waals surface area contributed by atoms with Crippen molar-refractivity contribution >= 4 is 22.8 Å². The molecular formula is C12H16N2. The van der Waals surface area contributed by atoms with Gasteiger partial charge < -0.3 is 0 Å². The minimum absolute atomic E-state index is 0.984. The molecule has 74 valence electrons. The summed E-state index contributed by atoms with van der Waals surface area (Å²) in [6.07, 6.45) is 0. The summed E-state index contributed by atoms with van der Waals surface area (Å²) in [7, 11) is 0. The van der Waals surface area contributed by atoms with E-state index >= 15 is 0 Å². The van der Waals surface area contributed by atoms with Gasteiger partial charge in [0.1, 0.15) is 0 Å². The molecule has 0 heterocycles. The topological polar surface area (TPSA) is 24.7 Å². The Morgan fingerprint density at radius 2 is 1.00 bits per heavy atom. The van der Waals surface area contributed by atoms with E-state index in [1.165, 1.54) is 0 Å². The molecule has 0 unspecified atom stereocenters. The van der Waals surface area contributed by atoms with Crippen LogP contribution in [0.3, 0.4) is 0 Å². The zero-order chi connectivity index (χ0) is 10.6. The van der Waals surface area contributed by atoms with Crippen molar-refractivity contribution in [2.45, 2.75) is 27.7 Å². The Morgan fingerprint density at radius 3 is 1.21 bits per heavy atom. The normalized spacial score (nSPS) is 9.43. The number of hydrogen-bond donors (Lipinski definition) is 0. The molecule has 1 aromatic rings. The molecule has 0 fully saturated rings. The van der Waals surface area contributed by atoms with Gasteiger partial charge in [-0.05, 0) is 52.0 Å². The lowest BCUT2D eigenvalue weighted by atomic mass is 10.3. The van der Waals surface area contributed by atoms with Gasteiger partial charge in [0, 0.05) is 11.4 Å². The van der Waals surface area contributed by atoms with Gasteiger partial charge in [-0.2, -0.15) is 0 Å². The molecule has 1 rings (SSSR count). The Bertz CT molecular complexity index is 313. The molecule has 2 nitrogen and oxygen atoms in total. The summed E-state index contributed by atoms with van der Waals surface area (Å²) in [4.78, 5) is 8.70. The van der Waals surface area contributed by atoms with Crippen LogP contribution in [0.25, 0.3) is 0 Å². The Labute approximate surface area is 85.4 Å². The van der Waals surface area contributed by atoms with Crippen LogP contribution in [0, 0.1) is 0 Å². The first-order valence-electron chi connectivity index (χ1n) is 4.72. The Morgan fingerprint density at radius 1 is 0.714 bits per heavy atom. The van der Waals surface area contributed by atoms with Crippen molar-refractivity contribution in [2.24, 2.45) is 9.98 Å². The number of nitrogens with zero attached hydrogens (tertiary/aromatic N) is 2. The third-order valence-corrected chi connectivity index (χ3v) is 1.56. The van der Waals surface area contributed by atoms with Crippen molar-refractivity contribution in [3.8, 4) is 0 Å². The third-order valence-electron chi connectivity index (χ3n) is 1.56. The highest BCUT2D eigenvalue weighted by molar-refractivity contribution is 5.83. The fourth-order valence-electron chi connectivity index (χ4n) is 1.12. The molecule has 0 aromatic heterocycles. The maximum absolute atomic E-state index is 4.35. The summed E-state index contributed by atoms with van der Waals surface area (Å²) in [5.41, 5.74) is 4.09. The van der Waals surface area contributed by atoms with E-state index in [2.05, 4.69) is 9.98 Å². The van der Waals surface area contributed by atoms with Crippen LogP contribution in [-0.4, -0.2) is 11.4 Å². The lowest BCUT2D eigenvalue weighted by Crippen LogP contribution is -1.79. The SMILES string of the molecule is CC(C)=Nc1ccc(N=C(C)C)cc1. The fraction of sp³-hybridized carbons (Fsp3) is 0.333. The molecule has 0 aliphatic carbocycles. The zero-order valence-electron chi connectivity index (χ0n) is 9.20. The first-order chi connectivity index (χ1) is 6.58. The average molecular weight is 188 g/mol.